The van der Waals surface area contributed by atoms with E-state index in [1.807, 2.05) is 60.7 Å². The van der Waals surface area contributed by atoms with Crippen molar-refractivity contribution in [3.05, 3.63) is 71.8 Å². The van der Waals surface area contributed by atoms with E-state index in [9.17, 15) is 18.0 Å². The van der Waals surface area contributed by atoms with Crippen LogP contribution in [0.25, 0.3) is 0 Å². The second kappa shape index (κ2) is 18.3. The summed E-state index contributed by atoms with van der Waals surface area (Å²) in [5.41, 5.74) is 1.43. The van der Waals surface area contributed by atoms with Gasteiger partial charge in [0.05, 0.1) is 18.8 Å². The highest BCUT2D eigenvalue weighted by atomic mass is 32.2. The van der Waals surface area contributed by atoms with Crippen molar-refractivity contribution in [1.29, 1.82) is 0 Å². The highest BCUT2D eigenvalue weighted by molar-refractivity contribution is 7.89. The van der Waals surface area contributed by atoms with E-state index in [0.29, 0.717) is 37.3 Å². The summed E-state index contributed by atoms with van der Waals surface area (Å²) in [4.78, 5) is 24.4. The Kier molecular flexibility index (Phi) is 15.6. The van der Waals surface area contributed by atoms with Crippen molar-refractivity contribution in [2.75, 3.05) is 45.0 Å². The number of hydrogen-bond acceptors (Lipinski definition) is 6. The maximum atomic E-state index is 13.2. The van der Waals surface area contributed by atoms with Crippen LogP contribution in [0.1, 0.15) is 59.2 Å². The fraction of sp³-hybridized carbons (Fsp3) is 0.548. The molecule has 40 heavy (non-hydrogen) atoms. The SMILES string of the molecule is C[Si](C)(C)CCS(=O)(=O)N(CCCCCNCC(=O)c1ccccc1)CCCCCNCC(=O)c1ccccc1. The molecule has 0 fully saturated rings. The molecule has 0 aliphatic carbocycles. The van der Waals surface area contributed by atoms with Gasteiger partial charge in [0.2, 0.25) is 10.0 Å². The Morgan fingerprint density at radius 2 is 1.10 bits per heavy atom. The van der Waals surface area contributed by atoms with Crippen LogP contribution in [-0.4, -0.2) is 77.4 Å². The molecule has 0 heterocycles. The number of ketones is 2. The zero-order valence-corrected chi connectivity index (χ0v) is 26.5. The third-order valence-corrected chi connectivity index (χ3v) is 10.8. The van der Waals surface area contributed by atoms with Crippen molar-refractivity contribution < 1.29 is 18.0 Å². The summed E-state index contributed by atoms with van der Waals surface area (Å²) in [6, 6.07) is 19.3. The van der Waals surface area contributed by atoms with E-state index >= 15 is 0 Å². The van der Waals surface area contributed by atoms with E-state index in [0.717, 1.165) is 57.7 Å². The number of benzene rings is 2. The first-order valence-corrected chi connectivity index (χ1v) is 20.0. The molecule has 0 radical (unpaired) electrons. The van der Waals surface area contributed by atoms with Gasteiger partial charge in [0.25, 0.3) is 0 Å². The van der Waals surface area contributed by atoms with Crippen molar-refractivity contribution in [2.24, 2.45) is 0 Å². The first-order chi connectivity index (χ1) is 19.1. The van der Waals surface area contributed by atoms with Crippen LogP contribution < -0.4 is 10.6 Å². The Hall–Kier alpha value is -2.17. The Labute approximate surface area is 243 Å². The lowest BCUT2D eigenvalue weighted by molar-refractivity contribution is 0.0983. The summed E-state index contributed by atoms with van der Waals surface area (Å²) in [7, 11) is -4.75. The third kappa shape index (κ3) is 14.5. The predicted molar refractivity (Wildman–Crippen MR) is 168 cm³/mol. The van der Waals surface area contributed by atoms with Crippen molar-refractivity contribution in [2.45, 2.75) is 64.2 Å². The van der Waals surface area contributed by atoms with E-state index in [4.69, 9.17) is 0 Å². The molecule has 0 atom stereocenters. The number of Topliss-reactive ketones (excluding diaryl/α,β-unsaturated/α-hetero) is 2. The molecule has 0 bridgehead atoms. The van der Waals surface area contributed by atoms with E-state index in [1.54, 1.807) is 4.31 Å². The summed E-state index contributed by atoms with van der Waals surface area (Å²) < 4.78 is 28.1. The number of nitrogens with zero attached hydrogens (tertiary/aromatic N) is 1. The second-order valence-electron chi connectivity index (χ2n) is 11.6. The molecule has 0 saturated heterocycles. The standard InChI is InChI=1S/C31H49N3O4SSi/c1-40(2,3)25-24-39(37,38)34(22-14-6-12-20-32-26-30(35)28-16-8-4-9-17-28)23-15-7-13-21-33-27-31(36)29-18-10-5-11-19-29/h4-5,8-11,16-19,32-33H,6-7,12-15,20-27H2,1-3H3. The Morgan fingerprint density at radius 1 is 0.675 bits per heavy atom. The number of carbonyl (C=O) groups is 2. The van der Waals surface area contributed by atoms with Crippen LogP contribution in [0, 0.1) is 0 Å². The minimum atomic E-state index is -3.29. The van der Waals surface area contributed by atoms with Crippen LogP contribution >= 0.6 is 0 Å². The molecule has 2 N–H and O–H groups in total. The maximum Gasteiger partial charge on any atom is 0.213 e. The quantitative estimate of drug-likeness (QED) is 0.111. The van der Waals surface area contributed by atoms with Crippen LogP contribution in [0.3, 0.4) is 0 Å². The molecule has 0 amide bonds. The van der Waals surface area contributed by atoms with E-state index < -0.39 is 18.1 Å². The Balaban J connectivity index is 1.68. The number of carbonyl (C=O) groups excluding carboxylic acids is 2. The molecule has 2 rings (SSSR count). The zero-order chi connectivity index (χ0) is 29.3. The van der Waals surface area contributed by atoms with Gasteiger partial charge < -0.3 is 10.6 Å². The third-order valence-electron chi connectivity index (χ3n) is 6.79. The molecule has 0 spiro atoms. The number of unbranched alkanes of at least 4 members (excludes halogenated alkanes) is 4. The van der Waals surface area contributed by atoms with Gasteiger partial charge in [-0.2, -0.15) is 0 Å². The van der Waals surface area contributed by atoms with Crippen LogP contribution in [0.2, 0.25) is 25.7 Å². The molecule has 0 unspecified atom stereocenters. The van der Waals surface area contributed by atoms with Crippen LogP contribution in [0.15, 0.2) is 60.7 Å². The summed E-state index contributed by atoms with van der Waals surface area (Å²) >= 11 is 0. The molecule has 7 nitrogen and oxygen atoms in total. The molecule has 9 heteroatoms. The molecular weight excluding hydrogens is 539 g/mol. The van der Waals surface area contributed by atoms with Gasteiger partial charge >= 0.3 is 0 Å². The first-order valence-electron chi connectivity index (χ1n) is 14.6. The lowest BCUT2D eigenvalue weighted by Crippen LogP contribution is -2.37. The van der Waals surface area contributed by atoms with Gasteiger partial charge in [0.15, 0.2) is 11.6 Å². The average molecular weight is 588 g/mol. The van der Waals surface area contributed by atoms with Gasteiger partial charge in [-0.3, -0.25) is 9.59 Å². The van der Waals surface area contributed by atoms with Gasteiger partial charge in [-0.1, -0.05) is 93.1 Å². The summed E-state index contributed by atoms with van der Waals surface area (Å²) in [6.07, 6.45) is 5.24. The highest BCUT2D eigenvalue weighted by Crippen LogP contribution is 2.15. The van der Waals surface area contributed by atoms with Crippen LogP contribution in [-0.2, 0) is 10.0 Å². The van der Waals surface area contributed by atoms with E-state index in [1.165, 1.54) is 0 Å². The second-order valence-corrected chi connectivity index (χ2v) is 19.3. The van der Waals surface area contributed by atoms with Crippen molar-refractivity contribution in [3.63, 3.8) is 0 Å². The molecule has 2 aromatic carbocycles. The number of sulfonamides is 1. The Morgan fingerprint density at radius 3 is 1.50 bits per heavy atom. The van der Waals surface area contributed by atoms with Crippen molar-refractivity contribution in [3.8, 4) is 0 Å². The molecular formula is C31H49N3O4SSi. The largest absolute Gasteiger partial charge is 0.310 e. The highest BCUT2D eigenvalue weighted by Gasteiger charge is 2.24. The normalized spacial score (nSPS) is 12.1. The van der Waals surface area contributed by atoms with Gasteiger partial charge in [-0.05, 0) is 44.8 Å². The molecule has 0 aliphatic heterocycles. The average Bonchev–Trinajstić information content (AvgIpc) is 2.94. The molecule has 0 saturated carbocycles. The van der Waals surface area contributed by atoms with Gasteiger partial charge in [0, 0.05) is 32.3 Å². The minimum Gasteiger partial charge on any atom is -0.310 e. The lowest BCUT2D eigenvalue weighted by Gasteiger charge is -2.24. The summed E-state index contributed by atoms with van der Waals surface area (Å²) in [5.74, 6) is 0.395. The smallest absolute Gasteiger partial charge is 0.213 e. The number of nitrogens with one attached hydrogen (secondary N) is 2. The van der Waals surface area contributed by atoms with Gasteiger partial charge in [0.1, 0.15) is 0 Å². The lowest BCUT2D eigenvalue weighted by atomic mass is 10.1. The minimum absolute atomic E-state index is 0.0817. The molecule has 0 aliphatic rings. The van der Waals surface area contributed by atoms with E-state index in [-0.39, 0.29) is 17.3 Å². The van der Waals surface area contributed by atoms with Crippen LogP contribution in [0.4, 0.5) is 0 Å². The first kappa shape index (κ1) is 34.0. The van der Waals surface area contributed by atoms with Crippen molar-refractivity contribution >= 4 is 29.7 Å². The predicted octanol–water partition coefficient (Wildman–Crippen LogP) is 5.24. The number of rotatable bonds is 22. The van der Waals surface area contributed by atoms with Gasteiger partial charge in [-0.25, -0.2) is 12.7 Å². The Bertz CT molecular complexity index is 1040. The van der Waals surface area contributed by atoms with Crippen molar-refractivity contribution in [1.82, 2.24) is 14.9 Å². The molecule has 222 valence electrons. The molecule has 2 aromatic rings. The maximum absolute atomic E-state index is 13.2. The summed E-state index contributed by atoms with van der Waals surface area (Å²) in [6.45, 7) is 9.81. The van der Waals surface area contributed by atoms with Gasteiger partial charge in [-0.15, -0.1) is 0 Å². The fourth-order valence-corrected chi connectivity index (χ4v) is 8.79. The van der Waals surface area contributed by atoms with Crippen LogP contribution in [0.5, 0.6) is 0 Å². The fourth-order valence-electron chi connectivity index (χ4n) is 4.24. The topological polar surface area (TPSA) is 95.6 Å². The van der Waals surface area contributed by atoms with E-state index in [2.05, 4.69) is 30.3 Å². The number of hydrogen-bond donors (Lipinski definition) is 2. The monoisotopic (exact) mass is 587 g/mol. The zero-order valence-electron chi connectivity index (χ0n) is 24.7. The summed E-state index contributed by atoms with van der Waals surface area (Å²) in [5, 5.41) is 6.42. The molecule has 0 aromatic heterocycles.